The van der Waals surface area contributed by atoms with E-state index >= 15 is 0 Å². The van der Waals surface area contributed by atoms with Crippen molar-refractivity contribution in [3.05, 3.63) is 104 Å². The summed E-state index contributed by atoms with van der Waals surface area (Å²) in [4.78, 5) is 59.3. The van der Waals surface area contributed by atoms with E-state index in [1.165, 1.54) is 17.7 Å². The van der Waals surface area contributed by atoms with Crippen LogP contribution in [0.2, 0.25) is 10.0 Å². The molecule has 2 aliphatic carbocycles. The summed E-state index contributed by atoms with van der Waals surface area (Å²) in [6.45, 7) is 5.90. The number of thiazole rings is 1. The van der Waals surface area contributed by atoms with Gasteiger partial charge in [-0.3, -0.25) is 14.4 Å². The van der Waals surface area contributed by atoms with Gasteiger partial charge in [-0.2, -0.15) is 0 Å². The zero-order chi connectivity index (χ0) is 34.2. The number of anilines is 3. The summed E-state index contributed by atoms with van der Waals surface area (Å²) >= 11 is 13.7. The molecule has 49 heavy (non-hydrogen) atoms. The molecule has 9 nitrogen and oxygen atoms in total. The van der Waals surface area contributed by atoms with Gasteiger partial charge in [0.1, 0.15) is 17.6 Å². The molecule has 0 radical (unpaired) electrons. The van der Waals surface area contributed by atoms with Crippen LogP contribution >= 0.6 is 34.5 Å². The minimum atomic E-state index is -1.15. The number of hydrogen-bond acceptors (Lipinski definition) is 9. The minimum absolute atomic E-state index is 0.00792. The fraction of sp³-hybridized carbons (Fsp3) is 0.189. The van der Waals surface area contributed by atoms with Crippen LogP contribution in [0.1, 0.15) is 34.6 Å². The second-order valence-electron chi connectivity index (χ2n) is 12.5. The molecule has 0 bridgehead atoms. The second kappa shape index (κ2) is 11.6. The molecule has 8 rings (SSSR count). The van der Waals surface area contributed by atoms with Crippen LogP contribution in [0.3, 0.4) is 0 Å². The largest absolute Gasteiger partial charge is 0.340 e. The van der Waals surface area contributed by atoms with Crippen molar-refractivity contribution in [3.8, 4) is 22.4 Å². The monoisotopic (exact) mass is 706 g/mol. The molecule has 12 heteroatoms. The van der Waals surface area contributed by atoms with Gasteiger partial charge >= 0.3 is 0 Å². The lowest BCUT2D eigenvalue weighted by molar-refractivity contribution is -0.126. The fourth-order valence-corrected chi connectivity index (χ4v) is 8.35. The molecule has 1 aliphatic heterocycles. The third kappa shape index (κ3) is 4.96. The van der Waals surface area contributed by atoms with Gasteiger partial charge in [0.2, 0.25) is 5.91 Å². The summed E-state index contributed by atoms with van der Waals surface area (Å²) < 4.78 is 0. The zero-order valence-electron chi connectivity index (χ0n) is 26.6. The zero-order valence-corrected chi connectivity index (χ0v) is 29.0. The highest BCUT2D eigenvalue weighted by atomic mass is 35.5. The van der Waals surface area contributed by atoms with Crippen molar-refractivity contribution < 1.29 is 14.4 Å². The van der Waals surface area contributed by atoms with Crippen LogP contribution < -0.4 is 25.6 Å². The third-order valence-electron chi connectivity index (χ3n) is 9.57. The predicted molar refractivity (Wildman–Crippen MR) is 194 cm³/mol. The quantitative estimate of drug-likeness (QED) is 0.237. The Morgan fingerprint density at radius 2 is 1.84 bits per heavy atom. The number of aromatic nitrogens is 3. The molecule has 0 saturated heterocycles. The fourth-order valence-electron chi connectivity index (χ4n) is 7.20. The van der Waals surface area contributed by atoms with Crippen molar-refractivity contribution in [2.24, 2.45) is 5.92 Å². The van der Waals surface area contributed by atoms with Gasteiger partial charge < -0.3 is 15.1 Å². The number of amides is 1. The smallest absolute Gasteiger partial charge is 0.245 e. The summed E-state index contributed by atoms with van der Waals surface area (Å²) in [6.07, 6.45) is 6.75. The Morgan fingerprint density at radius 3 is 2.63 bits per heavy atom. The Morgan fingerprint density at radius 1 is 1.04 bits per heavy atom. The van der Waals surface area contributed by atoms with Crippen molar-refractivity contribution in [1.82, 2.24) is 15.0 Å². The maximum absolute atomic E-state index is 14.3. The second-order valence-corrected chi connectivity index (χ2v) is 14.6. The van der Waals surface area contributed by atoms with Crippen LogP contribution in [-0.4, -0.2) is 45.6 Å². The molecule has 1 amide bonds. The van der Waals surface area contributed by atoms with Crippen molar-refractivity contribution >= 4 is 80.8 Å². The van der Waals surface area contributed by atoms with Crippen LogP contribution in [-0.2, 0) is 15.1 Å². The first kappa shape index (κ1) is 31.4. The van der Waals surface area contributed by atoms with Crippen LogP contribution in [0.15, 0.2) is 67.1 Å². The van der Waals surface area contributed by atoms with Gasteiger partial charge in [0, 0.05) is 21.9 Å². The topological polar surface area (TPSA) is 108 Å². The molecule has 2 aromatic heterocycles. The Bertz CT molecular complexity index is 2390. The first-order chi connectivity index (χ1) is 23.5. The highest BCUT2D eigenvalue weighted by molar-refractivity contribution is 7.16. The van der Waals surface area contributed by atoms with Gasteiger partial charge in [-0.25, -0.2) is 15.0 Å². The number of carbonyl (C=O) groups is 3. The van der Waals surface area contributed by atoms with E-state index in [4.69, 9.17) is 23.2 Å². The van der Waals surface area contributed by atoms with Crippen LogP contribution in [0, 0.1) is 12.8 Å². The van der Waals surface area contributed by atoms with Crippen LogP contribution in [0.25, 0.3) is 34.5 Å². The van der Waals surface area contributed by atoms with Crippen molar-refractivity contribution in [2.45, 2.75) is 26.3 Å². The van der Waals surface area contributed by atoms with Crippen molar-refractivity contribution in [2.75, 3.05) is 28.3 Å². The molecule has 0 spiro atoms. The number of nitrogens with one attached hydrogen (secondary N) is 1. The first-order valence-electron chi connectivity index (χ1n) is 15.6. The minimum Gasteiger partial charge on any atom is -0.340 e. The molecule has 1 N–H and O–H groups in total. The SMILES string of the molecule is Cc1sc(NC(=O)CN2CN(C3(C)C(=O)C(C)C=c4c3ccc3c4=CC(=O)c4ccccc4-3)c3ncncc32)nc1-c1ccc(Cl)c(Cl)c1. The summed E-state index contributed by atoms with van der Waals surface area (Å²) in [5.41, 5.74) is 4.27. The van der Waals surface area contributed by atoms with E-state index in [0.717, 1.165) is 37.6 Å². The van der Waals surface area contributed by atoms with Gasteiger partial charge in [-0.05, 0) is 59.2 Å². The van der Waals surface area contributed by atoms with E-state index in [0.29, 0.717) is 37.9 Å². The number of fused-ring (bicyclic) bond motifs is 6. The summed E-state index contributed by atoms with van der Waals surface area (Å²) in [7, 11) is 0. The molecule has 2 unspecified atom stereocenters. The molecular weight excluding hydrogens is 679 g/mol. The molecular formula is C37H28Cl2N6O3S. The van der Waals surface area contributed by atoms with Gasteiger partial charge in [0.15, 0.2) is 22.5 Å². The molecule has 2 atom stereocenters. The number of rotatable bonds is 5. The molecule has 3 aliphatic rings. The average Bonchev–Trinajstić information content (AvgIpc) is 3.65. The van der Waals surface area contributed by atoms with Crippen LogP contribution in [0.5, 0.6) is 0 Å². The number of ketones is 2. The number of nitrogens with zero attached hydrogens (tertiary/aromatic N) is 5. The number of benzene rings is 3. The lowest BCUT2D eigenvalue weighted by Crippen LogP contribution is -2.59. The van der Waals surface area contributed by atoms with E-state index in [1.54, 1.807) is 24.4 Å². The molecule has 0 fully saturated rings. The number of hydrogen-bond donors (Lipinski definition) is 1. The maximum Gasteiger partial charge on any atom is 0.245 e. The average molecular weight is 708 g/mol. The lowest BCUT2D eigenvalue weighted by Gasteiger charge is -2.42. The number of Topliss-reactive ketones (excluding diaryl/α,β-unsaturated/α-hetero) is 2. The van der Waals surface area contributed by atoms with E-state index in [1.807, 2.05) is 79.1 Å². The van der Waals surface area contributed by atoms with E-state index in [2.05, 4.69) is 20.3 Å². The van der Waals surface area contributed by atoms with Gasteiger partial charge in [-0.15, -0.1) is 11.3 Å². The molecule has 5 aromatic rings. The predicted octanol–water partition coefficient (Wildman–Crippen LogP) is 6.00. The van der Waals surface area contributed by atoms with E-state index in [-0.39, 0.29) is 30.7 Å². The molecule has 3 heterocycles. The highest BCUT2D eigenvalue weighted by Gasteiger charge is 2.50. The summed E-state index contributed by atoms with van der Waals surface area (Å²) in [6, 6.07) is 16.9. The van der Waals surface area contributed by atoms with E-state index in [9.17, 15) is 14.4 Å². The highest BCUT2D eigenvalue weighted by Crippen LogP contribution is 2.44. The Balaban J connectivity index is 1.12. The Hall–Kier alpha value is -4.90. The van der Waals surface area contributed by atoms with Crippen molar-refractivity contribution in [1.29, 1.82) is 0 Å². The Kier molecular flexibility index (Phi) is 7.44. The first-order valence-corrected chi connectivity index (χ1v) is 17.2. The van der Waals surface area contributed by atoms with E-state index < -0.39 is 11.5 Å². The number of halogens is 2. The lowest BCUT2D eigenvalue weighted by atomic mass is 9.73. The maximum atomic E-state index is 14.3. The summed E-state index contributed by atoms with van der Waals surface area (Å²) in [5, 5.41) is 5.94. The molecule has 0 saturated carbocycles. The summed E-state index contributed by atoms with van der Waals surface area (Å²) in [5.74, 6) is -0.244. The number of aryl methyl sites for hydroxylation is 1. The number of carbonyl (C=O) groups excluding carboxylic acids is 3. The normalized spacial score (nSPS) is 19.0. The Labute approximate surface area is 295 Å². The molecule has 244 valence electrons. The third-order valence-corrected chi connectivity index (χ3v) is 11.2. The van der Waals surface area contributed by atoms with Crippen LogP contribution in [0.4, 0.5) is 16.6 Å². The standard InChI is InChI=1S/C37H28Cl2N6O3S/c1-19-12-26-25-14-31(46)24-7-5-4-6-22(24)23(25)9-10-27(26)37(3,34(19)48)45-18-44(30-15-40-17-41-35(30)45)16-32(47)42-36-43-33(20(2)49-36)21-8-11-28(38)29(39)13-21/h4-15,17,19H,16,18H2,1-3H3,(H,42,43,47). The van der Waals surface area contributed by atoms with Gasteiger partial charge in [-0.1, -0.05) is 78.7 Å². The molecule has 3 aromatic carbocycles. The van der Waals surface area contributed by atoms with Gasteiger partial charge in [0.25, 0.3) is 0 Å². The van der Waals surface area contributed by atoms with Gasteiger partial charge in [0.05, 0.1) is 35.1 Å². The van der Waals surface area contributed by atoms with Crippen molar-refractivity contribution in [3.63, 3.8) is 0 Å².